The van der Waals surface area contributed by atoms with Gasteiger partial charge in [0.05, 0.1) is 9.50 Å². The minimum atomic E-state index is -0.626. The van der Waals surface area contributed by atoms with E-state index >= 15 is 0 Å². The zero-order chi connectivity index (χ0) is 15.4. The lowest BCUT2D eigenvalue weighted by atomic mass is 10.2. The molecule has 112 valence electrons. The second kappa shape index (κ2) is 7.20. The van der Waals surface area contributed by atoms with Crippen molar-refractivity contribution in [3.05, 3.63) is 57.0 Å². The molecule has 0 unspecified atom stereocenters. The Bertz CT molecular complexity index is 652. The molecule has 1 N–H and O–H groups in total. The monoisotopic (exact) mass is 375 g/mol. The Labute approximate surface area is 135 Å². The largest absolute Gasteiger partial charge is 0.453 e. The number of rotatable bonds is 5. The van der Waals surface area contributed by atoms with Crippen LogP contribution in [-0.4, -0.2) is 6.54 Å². The molecule has 2 nitrogen and oxygen atoms in total. The van der Waals surface area contributed by atoms with Crippen LogP contribution in [0.5, 0.6) is 11.5 Å². The van der Waals surface area contributed by atoms with Gasteiger partial charge in [0.2, 0.25) is 0 Å². The first kappa shape index (κ1) is 16.2. The van der Waals surface area contributed by atoms with Gasteiger partial charge in [-0.15, -0.1) is 0 Å². The fourth-order valence-electron chi connectivity index (χ4n) is 1.71. The molecule has 0 saturated heterocycles. The van der Waals surface area contributed by atoms with Gasteiger partial charge in [0, 0.05) is 12.6 Å². The molecule has 2 aromatic rings. The molecule has 0 aliphatic heterocycles. The Balaban J connectivity index is 2.22. The van der Waals surface area contributed by atoms with Gasteiger partial charge in [0.15, 0.2) is 11.6 Å². The minimum Gasteiger partial charge on any atom is -0.453 e. The highest BCUT2D eigenvalue weighted by atomic mass is 79.9. The Kier molecular flexibility index (Phi) is 5.56. The second-order valence-corrected chi connectivity index (χ2v) is 5.61. The first-order valence-electron chi connectivity index (χ1n) is 6.32. The summed E-state index contributed by atoms with van der Waals surface area (Å²) >= 11 is 8.85. The van der Waals surface area contributed by atoms with Gasteiger partial charge in [-0.3, -0.25) is 0 Å². The summed E-state index contributed by atoms with van der Waals surface area (Å²) in [5.74, 6) is -0.945. The smallest absolute Gasteiger partial charge is 0.166 e. The maximum atomic E-state index is 14.0. The number of benzene rings is 2. The normalized spacial score (nSPS) is 10.7. The summed E-state index contributed by atoms with van der Waals surface area (Å²) in [5.41, 5.74) is 0.808. The quantitative estimate of drug-likeness (QED) is 0.717. The summed E-state index contributed by atoms with van der Waals surface area (Å²) in [6, 6.07) is 7.13. The van der Waals surface area contributed by atoms with Crippen LogP contribution >= 0.6 is 27.5 Å². The van der Waals surface area contributed by atoms with E-state index in [0.29, 0.717) is 11.0 Å². The van der Waals surface area contributed by atoms with Crippen molar-refractivity contribution in [2.45, 2.75) is 13.5 Å². The molecule has 0 radical (unpaired) electrons. The lowest BCUT2D eigenvalue weighted by Gasteiger charge is -2.11. The SMILES string of the molecule is CCNCc1ccc(Oc2cc(F)c(Cl)cc2Br)c(F)c1. The van der Waals surface area contributed by atoms with Crippen LogP contribution < -0.4 is 10.1 Å². The summed E-state index contributed by atoms with van der Waals surface area (Å²) in [7, 11) is 0. The van der Waals surface area contributed by atoms with Crippen LogP contribution in [0.1, 0.15) is 12.5 Å². The molecule has 0 heterocycles. The lowest BCUT2D eigenvalue weighted by molar-refractivity contribution is 0.435. The zero-order valence-corrected chi connectivity index (χ0v) is 13.6. The fraction of sp³-hybridized carbons (Fsp3) is 0.200. The van der Waals surface area contributed by atoms with Crippen molar-refractivity contribution in [3.8, 4) is 11.5 Å². The third-order valence-corrected chi connectivity index (χ3v) is 3.68. The van der Waals surface area contributed by atoms with Crippen LogP contribution in [0.3, 0.4) is 0 Å². The van der Waals surface area contributed by atoms with E-state index in [9.17, 15) is 8.78 Å². The van der Waals surface area contributed by atoms with E-state index in [-0.39, 0.29) is 16.5 Å². The van der Waals surface area contributed by atoms with E-state index in [2.05, 4.69) is 21.2 Å². The molecule has 0 aliphatic rings. The predicted octanol–water partition coefficient (Wildman–Crippen LogP) is 5.28. The van der Waals surface area contributed by atoms with Crippen molar-refractivity contribution in [2.75, 3.05) is 6.54 Å². The third-order valence-electron chi connectivity index (χ3n) is 2.77. The average Bonchev–Trinajstić information content (AvgIpc) is 2.45. The Morgan fingerprint density at radius 1 is 1.14 bits per heavy atom. The van der Waals surface area contributed by atoms with Crippen molar-refractivity contribution in [2.24, 2.45) is 0 Å². The summed E-state index contributed by atoms with van der Waals surface area (Å²) in [5, 5.41) is 3.07. The lowest BCUT2D eigenvalue weighted by Crippen LogP contribution is -2.11. The molecule has 0 atom stereocenters. The molecule has 0 aliphatic carbocycles. The number of ether oxygens (including phenoxy) is 1. The number of hydrogen-bond acceptors (Lipinski definition) is 2. The van der Waals surface area contributed by atoms with E-state index in [1.54, 1.807) is 6.07 Å². The maximum absolute atomic E-state index is 14.0. The molecule has 0 spiro atoms. The molecule has 2 aromatic carbocycles. The molecule has 0 amide bonds. The van der Waals surface area contributed by atoms with E-state index in [1.807, 2.05) is 6.92 Å². The molecule has 0 aromatic heterocycles. The maximum Gasteiger partial charge on any atom is 0.166 e. The third kappa shape index (κ3) is 4.15. The highest BCUT2D eigenvalue weighted by Gasteiger charge is 2.12. The molecule has 0 fully saturated rings. The van der Waals surface area contributed by atoms with Gasteiger partial charge in [-0.05, 0) is 46.2 Å². The van der Waals surface area contributed by atoms with E-state index < -0.39 is 11.6 Å². The van der Waals surface area contributed by atoms with Gasteiger partial charge in [-0.2, -0.15) is 0 Å². The summed E-state index contributed by atoms with van der Waals surface area (Å²) in [4.78, 5) is 0. The summed E-state index contributed by atoms with van der Waals surface area (Å²) < 4.78 is 33.3. The molecule has 0 saturated carbocycles. The van der Waals surface area contributed by atoms with Gasteiger partial charge >= 0.3 is 0 Å². The van der Waals surface area contributed by atoms with Crippen molar-refractivity contribution in [3.63, 3.8) is 0 Å². The topological polar surface area (TPSA) is 21.3 Å². The van der Waals surface area contributed by atoms with Crippen LogP contribution in [0.15, 0.2) is 34.8 Å². The van der Waals surface area contributed by atoms with Crippen LogP contribution in [0, 0.1) is 11.6 Å². The average molecular weight is 377 g/mol. The number of hydrogen-bond donors (Lipinski definition) is 1. The Hall–Kier alpha value is -1.17. The van der Waals surface area contributed by atoms with Gasteiger partial charge in [-0.25, -0.2) is 8.78 Å². The highest BCUT2D eigenvalue weighted by Crippen LogP contribution is 2.34. The van der Waals surface area contributed by atoms with E-state index in [4.69, 9.17) is 16.3 Å². The van der Waals surface area contributed by atoms with Crippen molar-refractivity contribution < 1.29 is 13.5 Å². The summed E-state index contributed by atoms with van der Waals surface area (Å²) in [6.07, 6.45) is 0. The van der Waals surface area contributed by atoms with Crippen molar-refractivity contribution >= 4 is 27.5 Å². The summed E-state index contributed by atoms with van der Waals surface area (Å²) in [6.45, 7) is 3.35. The van der Waals surface area contributed by atoms with Crippen molar-refractivity contribution in [1.29, 1.82) is 0 Å². The molecule has 0 bridgehead atoms. The standard InChI is InChI=1S/C15H13BrClF2NO/c1-2-20-8-9-3-4-14(13(19)5-9)21-15-7-12(18)11(17)6-10(15)16/h3-7,20H,2,8H2,1H3. The first-order valence-corrected chi connectivity index (χ1v) is 7.50. The van der Waals surface area contributed by atoms with Gasteiger partial charge in [0.1, 0.15) is 11.6 Å². The molecule has 6 heteroatoms. The molecular weight excluding hydrogens is 364 g/mol. The Morgan fingerprint density at radius 3 is 2.57 bits per heavy atom. The van der Waals surface area contributed by atoms with Crippen LogP contribution in [0.25, 0.3) is 0 Å². The van der Waals surface area contributed by atoms with E-state index in [0.717, 1.165) is 18.2 Å². The van der Waals surface area contributed by atoms with Crippen LogP contribution in [0.2, 0.25) is 5.02 Å². The molecule has 21 heavy (non-hydrogen) atoms. The van der Waals surface area contributed by atoms with Crippen LogP contribution in [-0.2, 0) is 6.54 Å². The number of halogens is 4. The molecular formula is C15H13BrClF2NO. The zero-order valence-electron chi connectivity index (χ0n) is 11.2. The fourth-order valence-corrected chi connectivity index (χ4v) is 2.43. The van der Waals surface area contributed by atoms with E-state index in [1.165, 1.54) is 18.2 Å². The Morgan fingerprint density at radius 2 is 1.90 bits per heavy atom. The van der Waals surface area contributed by atoms with Gasteiger partial charge < -0.3 is 10.1 Å². The van der Waals surface area contributed by atoms with Gasteiger partial charge in [0.25, 0.3) is 0 Å². The second-order valence-electron chi connectivity index (χ2n) is 4.34. The van der Waals surface area contributed by atoms with Crippen LogP contribution in [0.4, 0.5) is 8.78 Å². The van der Waals surface area contributed by atoms with Crippen molar-refractivity contribution in [1.82, 2.24) is 5.32 Å². The number of nitrogens with one attached hydrogen (secondary N) is 1. The molecule has 2 rings (SSSR count). The predicted molar refractivity (Wildman–Crippen MR) is 83.0 cm³/mol. The van der Waals surface area contributed by atoms with Gasteiger partial charge in [-0.1, -0.05) is 24.6 Å². The minimum absolute atomic E-state index is 0.0256. The highest BCUT2D eigenvalue weighted by molar-refractivity contribution is 9.10. The first-order chi connectivity index (χ1) is 10.0.